The summed E-state index contributed by atoms with van der Waals surface area (Å²) in [5.74, 6) is 0. The lowest BCUT2D eigenvalue weighted by atomic mass is 10.1. The SMILES string of the molecule is C/C(=N/c1ccc(C)cc1)c1ccccc1. The van der Waals surface area contributed by atoms with Gasteiger partial charge in [0.1, 0.15) is 0 Å². The normalized spacial score (nSPS) is 11.5. The van der Waals surface area contributed by atoms with Crippen LogP contribution in [0.1, 0.15) is 18.1 Å². The topological polar surface area (TPSA) is 12.4 Å². The number of aliphatic imine (C=N–C) groups is 1. The third-order valence-electron chi connectivity index (χ3n) is 2.52. The highest BCUT2D eigenvalue weighted by molar-refractivity contribution is 6.00. The lowest BCUT2D eigenvalue weighted by Crippen LogP contribution is -1.92. The van der Waals surface area contributed by atoms with E-state index in [0.717, 1.165) is 11.4 Å². The van der Waals surface area contributed by atoms with E-state index in [0.29, 0.717) is 0 Å². The standard InChI is InChI=1S/C15H15N/c1-12-8-10-15(11-9-12)16-13(2)14-6-4-3-5-7-14/h3-11H,1-2H3/b16-13-. The van der Waals surface area contributed by atoms with E-state index in [-0.39, 0.29) is 0 Å². The Morgan fingerprint density at radius 3 is 2.12 bits per heavy atom. The minimum Gasteiger partial charge on any atom is -0.253 e. The summed E-state index contributed by atoms with van der Waals surface area (Å²) < 4.78 is 0. The smallest absolute Gasteiger partial charge is 0.0633 e. The van der Waals surface area contributed by atoms with Crippen molar-refractivity contribution in [3.8, 4) is 0 Å². The fourth-order valence-electron chi connectivity index (χ4n) is 1.56. The van der Waals surface area contributed by atoms with Gasteiger partial charge in [-0.3, -0.25) is 4.99 Å². The fraction of sp³-hybridized carbons (Fsp3) is 0.133. The zero-order valence-electron chi connectivity index (χ0n) is 9.64. The van der Waals surface area contributed by atoms with Crippen molar-refractivity contribution < 1.29 is 0 Å². The number of rotatable bonds is 2. The minimum atomic E-state index is 1.01. The molecule has 0 fully saturated rings. The van der Waals surface area contributed by atoms with Crippen molar-refractivity contribution in [2.24, 2.45) is 4.99 Å². The van der Waals surface area contributed by atoms with Crippen LogP contribution in [0.25, 0.3) is 0 Å². The molecule has 0 N–H and O–H groups in total. The first-order valence-corrected chi connectivity index (χ1v) is 5.43. The minimum absolute atomic E-state index is 1.01. The van der Waals surface area contributed by atoms with E-state index in [4.69, 9.17) is 0 Å². The maximum atomic E-state index is 4.59. The molecule has 0 aliphatic rings. The molecule has 0 saturated heterocycles. The van der Waals surface area contributed by atoms with Crippen molar-refractivity contribution >= 4 is 11.4 Å². The summed E-state index contributed by atoms with van der Waals surface area (Å²) in [5, 5.41) is 0. The number of hydrogen-bond acceptors (Lipinski definition) is 1. The van der Waals surface area contributed by atoms with Gasteiger partial charge >= 0.3 is 0 Å². The molecule has 0 atom stereocenters. The molecule has 1 heteroatoms. The Kier molecular flexibility index (Phi) is 3.16. The second kappa shape index (κ2) is 4.75. The maximum Gasteiger partial charge on any atom is 0.0633 e. The highest BCUT2D eigenvalue weighted by Gasteiger charge is 1.96. The first kappa shape index (κ1) is 10.6. The van der Waals surface area contributed by atoms with E-state index in [1.54, 1.807) is 0 Å². The first-order chi connectivity index (χ1) is 7.75. The van der Waals surface area contributed by atoms with Gasteiger partial charge in [-0.25, -0.2) is 0 Å². The molecule has 0 radical (unpaired) electrons. The second-order valence-corrected chi connectivity index (χ2v) is 3.90. The molecule has 0 bridgehead atoms. The molecule has 2 aromatic carbocycles. The van der Waals surface area contributed by atoms with Crippen LogP contribution in [0, 0.1) is 6.92 Å². The van der Waals surface area contributed by atoms with Crippen LogP contribution in [-0.2, 0) is 0 Å². The molecule has 0 aliphatic carbocycles. The van der Waals surface area contributed by atoms with Crippen molar-refractivity contribution in [2.75, 3.05) is 0 Å². The number of hydrogen-bond donors (Lipinski definition) is 0. The molecular weight excluding hydrogens is 194 g/mol. The summed E-state index contributed by atoms with van der Waals surface area (Å²) in [7, 11) is 0. The molecule has 1 nitrogen and oxygen atoms in total. The van der Waals surface area contributed by atoms with Gasteiger partial charge in [0.2, 0.25) is 0 Å². The van der Waals surface area contributed by atoms with Gasteiger partial charge in [-0.1, -0.05) is 48.0 Å². The van der Waals surface area contributed by atoms with Gasteiger partial charge < -0.3 is 0 Å². The Morgan fingerprint density at radius 1 is 0.875 bits per heavy atom. The van der Waals surface area contributed by atoms with E-state index in [2.05, 4.69) is 36.2 Å². The molecule has 0 spiro atoms. The Bertz CT molecular complexity index is 481. The van der Waals surface area contributed by atoms with Crippen molar-refractivity contribution in [3.63, 3.8) is 0 Å². The summed E-state index contributed by atoms with van der Waals surface area (Å²) in [5.41, 5.74) is 4.48. The predicted octanol–water partition coefficient (Wildman–Crippen LogP) is 4.14. The second-order valence-electron chi connectivity index (χ2n) is 3.90. The quantitative estimate of drug-likeness (QED) is 0.659. The van der Waals surface area contributed by atoms with Crippen LogP contribution in [0.2, 0.25) is 0 Å². The largest absolute Gasteiger partial charge is 0.253 e. The predicted molar refractivity (Wildman–Crippen MR) is 69.5 cm³/mol. The molecule has 0 saturated carbocycles. The molecule has 0 aromatic heterocycles. The summed E-state index contributed by atoms with van der Waals surface area (Å²) >= 11 is 0. The molecule has 2 aromatic rings. The van der Waals surface area contributed by atoms with Crippen LogP contribution in [0.4, 0.5) is 5.69 Å². The maximum absolute atomic E-state index is 4.59. The Morgan fingerprint density at radius 2 is 1.50 bits per heavy atom. The van der Waals surface area contributed by atoms with Crippen LogP contribution >= 0.6 is 0 Å². The number of nitrogens with zero attached hydrogens (tertiary/aromatic N) is 1. The third-order valence-corrected chi connectivity index (χ3v) is 2.52. The molecule has 80 valence electrons. The summed E-state index contributed by atoms with van der Waals surface area (Å²) in [6.07, 6.45) is 0. The molecule has 0 aliphatic heterocycles. The van der Waals surface area contributed by atoms with E-state index in [9.17, 15) is 0 Å². The Labute approximate surface area is 96.5 Å². The lowest BCUT2D eigenvalue weighted by molar-refractivity contribution is 1.42. The fourth-order valence-corrected chi connectivity index (χ4v) is 1.56. The lowest BCUT2D eigenvalue weighted by Gasteiger charge is -2.01. The van der Waals surface area contributed by atoms with Gasteiger partial charge in [0.15, 0.2) is 0 Å². The Balaban J connectivity index is 2.28. The van der Waals surface area contributed by atoms with Crippen molar-refractivity contribution in [1.82, 2.24) is 0 Å². The number of aryl methyl sites for hydroxylation is 1. The van der Waals surface area contributed by atoms with Crippen LogP contribution in [0.5, 0.6) is 0 Å². The van der Waals surface area contributed by atoms with Crippen LogP contribution in [0.3, 0.4) is 0 Å². The van der Waals surface area contributed by atoms with E-state index < -0.39 is 0 Å². The zero-order valence-corrected chi connectivity index (χ0v) is 9.64. The summed E-state index contributed by atoms with van der Waals surface area (Å²) in [6.45, 7) is 4.12. The van der Waals surface area contributed by atoms with Gasteiger partial charge in [0.05, 0.1) is 5.69 Å². The van der Waals surface area contributed by atoms with Gasteiger partial charge in [0, 0.05) is 5.71 Å². The molecule has 16 heavy (non-hydrogen) atoms. The zero-order chi connectivity index (χ0) is 11.4. The summed E-state index contributed by atoms with van der Waals surface area (Å²) in [6, 6.07) is 18.5. The Hall–Kier alpha value is -1.89. The highest BCUT2D eigenvalue weighted by Crippen LogP contribution is 2.14. The molecular formula is C15H15N. The molecule has 0 amide bonds. The van der Waals surface area contributed by atoms with Crippen LogP contribution in [0.15, 0.2) is 59.6 Å². The van der Waals surface area contributed by atoms with E-state index in [1.807, 2.05) is 37.3 Å². The van der Waals surface area contributed by atoms with Crippen LogP contribution < -0.4 is 0 Å². The monoisotopic (exact) mass is 209 g/mol. The van der Waals surface area contributed by atoms with Gasteiger partial charge in [-0.2, -0.15) is 0 Å². The van der Waals surface area contributed by atoms with Crippen LogP contribution in [-0.4, -0.2) is 5.71 Å². The highest BCUT2D eigenvalue weighted by atomic mass is 14.7. The third kappa shape index (κ3) is 2.57. The van der Waals surface area contributed by atoms with Crippen molar-refractivity contribution in [3.05, 3.63) is 65.7 Å². The van der Waals surface area contributed by atoms with Gasteiger partial charge in [-0.05, 0) is 31.5 Å². The molecule has 0 heterocycles. The van der Waals surface area contributed by atoms with Gasteiger partial charge in [0.25, 0.3) is 0 Å². The molecule has 2 rings (SSSR count). The summed E-state index contributed by atoms with van der Waals surface area (Å²) in [4.78, 5) is 4.59. The average Bonchev–Trinajstić information content (AvgIpc) is 2.33. The average molecular weight is 209 g/mol. The van der Waals surface area contributed by atoms with Crippen molar-refractivity contribution in [1.29, 1.82) is 0 Å². The number of benzene rings is 2. The van der Waals surface area contributed by atoms with E-state index in [1.165, 1.54) is 11.1 Å². The molecule has 0 unspecified atom stereocenters. The first-order valence-electron chi connectivity index (χ1n) is 5.43. The van der Waals surface area contributed by atoms with Crippen molar-refractivity contribution in [2.45, 2.75) is 13.8 Å². The van der Waals surface area contributed by atoms with Gasteiger partial charge in [-0.15, -0.1) is 0 Å². The van der Waals surface area contributed by atoms with E-state index >= 15 is 0 Å².